The van der Waals surface area contributed by atoms with Gasteiger partial charge in [-0.2, -0.15) is 0 Å². The van der Waals surface area contributed by atoms with Crippen LogP contribution in [0, 0.1) is 5.41 Å². The van der Waals surface area contributed by atoms with E-state index in [2.05, 4.69) is 10.5 Å². The van der Waals surface area contributed by atoms with E-state index in [4.69, 9.17) is 15.7 Å². The number of amidine groups is 1. The van der Waals surface area contributed by atoms with Crippen LogP contribution in [0.15, 0.2) is 5.16 Å². The lowest BCUT2D eigenvalue weighted by Crippen LogP contribution is -2.35. The van der Waals surface area contributed by atoms with Gasteiger partial charge in [0.1, 0.15) is 5.84 Å². The average molecular weight is 231 g/mol. The Kier molecular flexibility index (Phi) is 7.93. The molecule has 0 aromatic heterocycles. The molecule has 0 aromatic rings. The maximum atomic E-state index is 8.60. The summed E-state index contributed by atoms with van der Waals surface area (Å²) in [5.41, 5.74) is 5.33. The second kappa shape index (κ2) is 8.35. The molecule has 0 aliphatic carbocycles. The minimum Gasteiger partial charge on any atom is -0.409 e. The fourth-order valence-electron chi connectivity index (χ4n) is 1.29. The molecule has 0 aliphatic rings. The van der Waals surface area contributed by atoms with Crippen molar-refractivity contribution in [3.8, 4) is 0 Å². The van der Waals surface area contributed by atoms with E-state index in [1.165, 1.54) is 0 Å². The van der Waals surface area contributed by atoms with E-state index in [-0.39, 0.29) is 11.3 Å². The Morgan fingerprint density at radius 3 is 2.62 bits per heavy atom. The lowest BCUT2D eigenvalue weighted by Gasteiger charge is -2.22. The summed E-state index contributed by atoms with van der Waals surface area (Å²) >= 11 is 0. The molecule has 0 bridgehead atoms. The van der Waals surface area contributed by atoms with E-state index < -0.39 is 0 Å². The molecule has 0 saturated heterocycles. The van der Waals surface area contributed by atoms with Crippen molar-refractivity contribution in [1.82, 2.24) is 5.32 Å². The van der Waals surface area contributed by atoms with Gasteiger partial charge in [-0.1, -0.05) is 19.0 Å². The van der Waals surface area contributed by atoms with Gasteiger partial charge in [-0.05, 0) is 32.4 Å². The van der Waals surface area contributed by atoms with Gasteiger partial charge < -0.3 is 21.0 Å². The van der Waals surface area contributed by atoms with Crippen molar-refractivity contribution in [2.45, 2.75) is 33.1 Å². The van der Waals surface area contributed by atoms with E-state index in [0.717, 1.165) is 39.0 Å². The molecule has 0 radical (unpaired) electrons. The highest BCUT2D eigenvalue weighted by Crippen LogP contribution is 2.19. The molecule has 0 aliphatic heterocycles. The van der Waals surface area contributed by atoms with Gasteiger partial charge >= 0.3 is 0 Å². The van der Waals surface area contributed by atoms with E-state index in [0.29, 0.717) is 0 Å². The Labute approximate surface area is 98.0 Å². The molecule has 0 atom stereocenters. The Bertz CT molecular complexity index is 205. The minimum atomic E-state index is -0.256. The quantitative estimate of drug-likeness (QED) is 0.183. The molecular weight excluding hydrogens is 206 g/mol. The number of nitrogens with one attached hydrogen (secondary N) is 1. The highest BCUT2D eigenvalue weighted by atomic mass is 16.5. The number of nitrogens with zero attached hydrogens (tertiary/aromatic N) is 1. The highest BCUT2D eigenvalue weighted by molar-refractivity contribution is 5.85. The monoisotopic (exact) mass is 231 g/mol. The molecule has 0 aromatic carbocycles. The summed E-state index contributed by atoms with van der Waals surface area (Å²) in [6, 6.07) is 0. The van der Waals surface area contributed by atoms with Crippen LogP contribution in [0.3, 0.4) is 0 Å². The van der Waals surface area contributed by atoms with Crippen LogP contribution in [0.2, 0.25) is 0 Å². The van der Waals surface area contributed by atoms with Crippen molar-refractivity contribution >= 4 is 5.84 Å². The molecule has 0 saturated carbocycles. The van der Waals surface area contributed by atoms with Crippen molar-refractivity contribution in [2.75, 3.05) is 26.8 Å². The molecule has 16 heavy (non-hydrogen) atoms. The van der Waals surface area contributed by atoms with Crippen molar-refractivity contribution in [2.24, 2.45) is 16.3 Å². The van der Waals surface area contributed by atoms with E-state index in [1.54, 1.807) is 7.11 Å². The topological polar surface area (TPSA) is 79.9 Å². The van der Waals surface area contributed by atoms with Crippen LogP contribution in [0.25, 0.3) is 0 Å². The third kappa shape index (κ3) is 6.63. The molecule has 0 amide bonds. The van der Waals surface area contributed by atoms with Crippen molar-refractivity contribution in [3.63, 3.8) is 0 Å². The normalized spacial score (nSPS) is 13.1. The van der Waals surface area contributed by atoms with Crippen LogP contribution in [0.1, 0.15) is 33.1 Å². The summed E-state index contributed by atoms with van der Waals surface area (Å²) < 4.78 is 4.96. The van der Waals surface area contributed by atoms with Gasteiger partial charge in [0, 0.05) is 19.1 Å². The number of nitrogens with two attached hydrogens (primary N) is 1. The number of ether oxygens (including phenoxy) is 1. The zero-order valence-corrected chi connectivity index (χ0v) is 10.6. The lowest BCUT2D eigenvalue weighted by atomic mass is 9.88. The van der Waals surface area contributed by atoms with E-state index in [9.17, 15) is 0 Å². The number of rotatable bonds is 9. The predicted molar refractivity (Wildman–Crippen MR) is 65.8 cm³/mol. The second-order valence-electron chi connectivity index (χ2n) is 4.57. The summed E-state index contributed by atoms with van der Waals surface area (Å²) in [6.45, 7) is 6.60. The summed E-state index contributed by atoms with van der Waals surface area (Å²) in [4.78, 5) is 0. The smallest absolute Gasteiger partial charge is 0.144 e. The van der Waals surface area contributed by atoms with Gasteiger partial charge in [-0.3, -0.25) is 0 Å². The van der Waals surface area contributed by atoms with Crippen molar-refractivity contribution in [3.05, 3.63) is 0 Å². The van der Waals surface area contributed by atoms with Crippen LogP contribution < -0.4 is 11.1 Å². The number of unbranched alkanes of at least 4 members (excludes halogenated alkanes) is 1. The molecule has 0 heterocycles. The van der Waals surface area contributed by atoms with Gasteiger partial charge in [-0.25, -0.2) is 0 Å². The molecule has 0 unspecified atom stereocenters. The minimum absolute atomic E-state index is 0.256. The van der Waals surface area contributed by atoms with Crippen LogP contribution in [0.5, 0.6) is 0 Å². The first-order valence-electron chi connectivity index (χ1n) is 5.72. The maximum absolute atomic E-state index is 8.60. The molecule has 5 heteroatoms. The largest absolute Gasteiger partial charge is 0.409 e. The fourth-order valence-corrected chi connectivity index (χ4v) is 1.29. The number of hydrogen-bond acceptors (Lipinski definition) is 4. The summed E-state index contributed by atoms with van der Waals surface area (Å²) in [5, 5.41) is 15.0. The van der Waals surface area contributed by atoms with Gasteiger partial charge in [0.2, 0.25) is 0 Å². The number of methoxy groups -OCH3 is 1. The molecule has 4 N–H and O–H groups in total. The molecule has 0 spiro atoms. The highest BCUT2D eigenvalue weighted by Gasteiger charge is 2.22. The molecule has 5 nitrogen and oxygen atoms in total. The van der Waals surface area contributed by atoms with Gasteiger partial charge in [0.25, 0.3) is 0 Å². The van der Waals surface area contributed by atoms with E-state index in [1.807, 2.05) is 13.8 Å². The molecule has 0 rings (SSSR count). The maximum Gasteiger partial charge on any atom is 0.144 e. The SMILES string of the molecule is COCCCCNCCC(C)(C)C(N)=NO. The van der Waals surface area contributed by atoms with Crippen LogP contribution >= 0.6 is 0 Å². The first-order valence-corrected chi connectivity index (χ1v) is 5.72. The standard InChI is InChI=1S/C11H25N3O2/c1-11(2,10(12)14-15)6-8-13-7-4-5-9-16-3/h13,15H,4-9H2,1-3H3,(H2,12,14). The van der Waals surface area contributed by atoms with Gasteiger partial charge in [-0.15, -0.1) is 0 Å². The van der Waals surface area contributed by atoms with Gasteiger partial charge in [0.15, 0.2) is 0 Å². The third-order valence-corrected chi connectivity index (χ3v) is 2.68. The number of oxime groups is 1. The fraction of sp³-hybridized carbons (Fsp3) is 0.909. The first kappa shape index (κ1) is 15.2. The Balaban J connectivity index is 3.51. The van der Waals surface area contributed by atoms with Crippen LogP contribution in [0.4, 0.5) is 0 Å². The van der Waals surface area contributed by atoms with Crippen molar-refractivity contribution in [1.29, 1.82) is 0 Å². The third-order valence-electron chi connectivity index (χ3n) is 2.68. The summed E-state index contributed by atoms with van der Waals surface area (Å²) in [5.74, 6) is 0.286. The Morgan fingerprint density at radius 2 is 2.06 bits per heavy atom. The summed E-state index contributed by atoms with van der Waals surface area (Å²) in [6.07, 6.45) is 3.04. The van der Waals surface area contributed by atoms with E-state index >= 15 is 0 Å². The molecule has 96 valence electrons. The van der Waals surface area contributed by atoms with Crippen LogP contribution in [-0.4, -0.2) is 37.8 Å². The lowest BCUT2D eigenvalue weighted by molar-refractivity contribution is 0.192. The van der Waals surface area contributed by atoms with Crippen molar-refractivity contribution < 1.29 is 9.94 Å². The molecule has 0 fully saturated rings. The summed E-state index contributed by atoms with van der Waals surface area (Å²) in [7, 11) is 1.72. The second-order valence-corrected chi connectivity index (χ2v) is 4.57. The Morgan fingerprint density at radius 1 is 1.38 bits per heavy atom. The molecular formula is C11H25N3O2. The first-order chi connectivity index (χ1) is 7.54. The number of hydrogen-bond donors (Lipinski definition) is 3. The Hall–Kier alpha value is -0.810. The zero-order valence-electron chi connectivity index (χ0n) is 10.6. The zero-order chi connectivity index (χ0) is 12.4. The predicted octanol–water partition coefficient (Wildman–Crippen LogP) is 1.17. The van der Waals surface area contributed by atoms with Crippen LogP contribution in [-0.2, 0) is 4.74 Å². The van der Waals surface area contributed by atoms with Gasteiger partial charge in [0.05, 0.1) is 0 Å². The average Bonchev–Trinajstić information content (AvgIpc) is 2.26.